The first-order chi connectivity index (χ1) is 8.13. The molecule has 2 aromatic rings. The Morgan fingerprint density at radius 3 is 2.71 bits per heavy atom. The Labute approximate surface area is 107 Å². The number of carbonyl (C=O) groups is 1. The highest BCUT2D eigenvalue weighted by atomic mass is 79.9. The molecule has 1 heterocycles. The lowest BCUT2D eigenvalue weighted by Gasteiger charge is -2.02. The third kappa shape index (κ3) is 3.42. The molecule has 0 aliphatic carbocycles. The highest BCUT2D eigenvalue weighted by Crippen LogP contribution is 2.11. The summed E-state index contributed by atoms with van der Waals surface area (Å²) in [5, 5.41) is 8.64. The fraction of sp³-hybridized carbons (Fsp3) is 0.167. The average molecular weight is 295 g/mol. The molecule has 0 saturated heterocycles. The first-order valence-corrected chi connectivity index (χ1v) is 5.89. The maximum atomic E-state index is 10.5. The number of carboxylic acids is 1. The molecule has 5 heteroatoms. The van der Waals surface area contributed by atoms with Crippen LogP contribution in [0, 0.1) is 0 Å². The zero-order valence-electron chi connectivity index (χ0n) is 9.01. The summed E-state index contributed by atoms with van der Waals surface area (Å²) in [4.78, 5) is 14.6. The van der Waals surface area contributed by atoms with Crippen molar-refractivity contribution in [2.75, 3.05) is 0 Å². The highest BCUT2D eigenvalue weighted by molar-refractivity contribution is 9.10. The van der Waals surface area contributed by atoms with Gasteiger partial charge >= 0.3 is 5.97 Å². The largest absolute Gasteiger partial charge is 0.481 e. The third-order valence-electron chi connectivity index (χ3n) is 2.30. The molecule has 0 atom stereocenters. The Hall–Kier alpha value is -1.62. The topological polar surface area (TPSA) is 55.1 Å². The zero-order chi connectivity index (χ0) is 12.3. The molecule has 2 rings (SSSR count). The molecule has 0 unspecified atom stereocenters. The van der Waals surface area contributed by atoms with Crippen LogP contribution in [0.25, 0.3) is 0 Å². The van der Waals surface area contributed by atoms with E-state index in [0.717, 1.165) is 10.0 Å². The van der Waals surface area contributed by atoms with Crippen molar-refractivity contribution in [1.82, 2.24) is 9.55 Å². The monoisotopic (exact) mass is 294 g/mol. The van der Waals surface area contributed by atoms with Gasteiger partial charge in [0.05, 0.1) is 18.4 Å². The lowest BCUT2D eigenvalue weighted by atomic mass is 10.2. The van der Waals surface area contributed by atoms with Crippen LogP contribution in [-0.2, 0) is 17.8 Å². The first-order valence-electron chi connectivity index (χ1n) is 5.10. The number of imidazole rings is 1. The number of nitrogens with zero attached hydrogens (tertiary/aromatic N) is 2. The van der Waals surface area contributed by atoms with Crippen LogP contribution in [0.5, 0.6) is 0 Å². The van der Waals surface area contributed by atoms with E-state index in [1.54, 1.807) is 12.5 Å². The van der Waals surface area contributed by atoms with E-state index in [1.807, 2.05) is 28.8 Å². The van der Waals surface area contributed by atoms with Crippen LogP contribution >= 0.6 is 15.9 Å². The van der Waals surface area contributed by atoms with Gasteiger partial charge in [0.25, 0.3) is 0 Å². The van der Waals surface area contributed by atoms with Crippen LogP contribution in [0.2, 0.25) is 0 Å². The molecule has 0 radical (unpaired) electrons. The fourth-order valence-electron chi connectivity index (χ4n) is 1.54. The minimum atomic E-state index is -0.862. The van der Waals surface area contributed by atoms with Gasteiger partial charge < -0.3 is 9.67 Å². The lowest BCUT2D eigenvalue weighted by Crippen LogP contribution is -2.00. The number of benzene rings is 1. The molecule has 0 saturated carbocycles. The molecule has 0 aliphatic heterocycles. The number of halogens is 1. The summed E-state index contributed by atoms with van der Waals surface area (Å²) in [6.45, 7) is 0.694. The SMILES string of the molecule is O=C(O)Cc1cn(Cc2ccc(Br)cc2)cn1. The second-order valence-electron chi connectivity index (χ2n) is 3.73. The van der Waals surface area contributed by atoms with Crippen LogP contribution in [0.15, 0.2) is 41.3 Å². The molecule has 88 valence electrons. The van der Waals surface area contributed by atoms with Crippen LogP contribution < -0.4 is 0 Å². The normalized spacial score (nSPS) is 10.4. The lowest BCUT2D eigenvalue weighted by molar-refractivity contribution is -0.136. The van der Waals surface area contributed by atoms with Gasteiger partial charge in [-0.15, -0.1) is 0 Å². The number of carboxylic acid groups (broad SMARTS) is 1. The summed E-state index contributed by atoms with van der Waals surface area (Å²) >= 11 is 3.38. The van der Waals surface area contributed by atoms with E-state index in [0.29, 0.717) is 12.2 Å². The van der Waals surface area contributed by atoms with E-state index in [-0.39, 0.29) is 6.42 Å². The van der Waals surface area contributed by atoms with Gasteiger partial charge in [-0.1, -0.05) is 28.1 Å². The number of hydrogen-bond donors (Lipinski definition) is 1. The molecule has 1 aromatic heterocycles. The summed E-state index contributed by atoms with van der Waals surface area (Å²) < 4.78 is 2.92. The third-order valence-corrected chi connectivity index (χ3v) is 2.83. The van der Waals surface area contributed by atoms with Gasteiger partial charge in [-0.05, 0) is 17.7 Å². The minimum absolute atomic E-state index is 0.0344. The molecule has 0 fully saturated rings. The molecule has 1 aromatic carbocycles. The quantitative estimate of drug-likeness (QED) is 0.941. The molecule has 0 bridgehead atoms. The summed E-state index contributed by atoms with van der Waals surface area (Å²) in [7, 11) is 0. The zero-order valence-corrected chi connectivity index (χ0v) is 10.6. The van der Waals surface area contributed by atoms with Gasteiger partial charge in [-0.25, -0.2) is 4.98 Å². The average Bonchev–Trinajstić information content (AvgIpc) is 2.68. The second kappa shape index (κ2) is 5.14. The Balaban J connectivity index is 2.06. The van der Waals surface area contributed by atoms with E-state index in [2.05, 4.69) is 20.9 Å². The molecule has 0 spiro atoms. The molecular formula is C12H11BrN2O2. The van der Waals surface area contributed by atoms with Gasteiger partial charge in [0.1, 0.15) is 0 Å². The van der Waals surface area contributed by atoms with E-state index in [4.69, 9.17) is 5.11 Å². The van der Waals surface area contributed by atoms with Crippen molar-refractivity contribution in [3.05, 3.63) is 52.5 Å². The minimum Gasteiger partial charge on any atom is -0.481 e. The van der Waals surface area contributed by atoms with Crippen molar-refractivity contribution in [2.45, 2.75) is 13.0 Å². The van der Waals surface area contributed by atoms with Crippen molar-refractivity contribution >= 4 is 21.9 Å². The number of aliphatic carboxylic acids is 1. The van der Waals surface area contributed by atoms with Crippen molar-refractivity contribution in [2.24, 2.45) is 0 Å². The molecule has 0 amide bonds. The predicted octanol–water partition coefficient (Wildman–Crippen LogP) is 2.32. The van der Waals surface area contributed by atoms with Gasteiger partial charge in [0.2, 0.25) is 0 Å². The van der Waals surface area contributed by atoms with Gasteiger partial charge in [-0.3, -0.25) is 4.79 Å². The molecule has 17 heavy (non-hydrogen) atoms. The Bertz CT molecular complexity index is 520. The van der Waals surface area contributed by atoms with Gasteiger partial charge in [0, 0.05) is 17.2 Å². The van der Waals surface area contributed by atoms with E-state index in [1.165, 1.54) is 0 Å². The summed E-state index contributed by atoms with van der Waals surface area (Å²) in [5.41, 5.74) is 1.72. The van der Waals surface area contributed by atoms with Crippen molar-refractivity contribution < 1.29 is 9.90 Å². The van der Waals surface area contributed by atoms with E-state index < -0.39 is 5.97 Å². The Kier molecular flexibility index (Phi) is 3.58. The molecule has 4 nitrogen and oxygen atoms in total. The fourth-order valence-corrected chi connectivity index (χ4v) is 1.80. The maximum Gasteiger partial charge on any atom is 0.309 e. The second-order valence-corrected chi connectivity index (χ2v) is 4.65. The summed E-state index contributed by atoms with van der Waals surface area (Å²) in [6, 6.07) is 7.98. The number of hydrogen-bond acceptors (Lipinski definition) is 2. The summed E-state index contributed by atoms with van der Waals surface area (Å²) in [5.74, 6) is -0.862. The smallest absolute Gasteiger partial charge is 0.309 e. The predicted molar refractivity (Wildman–Crippen MR) is 66.8 cm³/mol. The highest BCUT2D eigenvalue weighted by Gasteiger charge is 2.04. The molecular weight excluding hydrogens is 284 g/mol. The number of aromatic nitrogens is 2. The molecule has 0 aliphatic rings. The van der Waals surface area contributed by atoms with Gasteiger partial charge in [0.15, 0.2) is 0 Å². The van der Waals surface area contributed by atoms with Crippen molar-refractivity contribution in [3.63, 3.8) is 0 Å². The van der Waals surface area contributed by atoms with Gasteiger partial charge in [-0.2, -0.15) is 0 Å². The van der Waals surface area contributed by atoms with Crippen LogP contribution in [0.4, 0.5) is 0 Å². The first kappa shape index (κ1) is 11.9. The standard InChI is InChI=1S/C12H11BrN2O2/c13-10-3-1-9(2-4-10)6-15-7-11(14-8-15)5-12(16)17/h1-4,7-8H,5-6H2,(H,16,17). The van der Waals surface area contributed by atoms with E-state index in [9.17, 15) is 4.79 Å². The Morgan fingerprint density at radius 2 is 2.06 bits per heavy atom. The Morgan fingerprint density at radius 1 is 1.35 bits per heavy atom. The van der Waals surface area contributed by atoms with Crippen molar-refractivity contribution in [1.29, 1.82) is 0 Å². The number of rotatable bonds is 4. The van der Waals surface area contributed by atoms with E-state index >= 15 is 0 Å². The van der Waals surface area contributed by atoms with Crippen LogP contribution in [0.1, 0.15) is 11.3 Å². The summed E-state index contributed by atoms with van der Waals surface area (Å²) in [6.07, 6.45) is 3.38. The molecule has 1 N–H and O–H groups in total. The van der Waals surface area contributed by atoms with Crippen LogP contribution in [0.3, 0.4) is 0 Å². The van der Waals surface area contributed by atoms with Crippen molar-refractivity contribution in [3.8, 4) is 0 Å². The maximum absolute atomic E-state index is 10.5. The van der Waals surface area contributed by atoms with Crippen LogP contribution in [-0.4, -0.2) is 20.6 Å².